The Balaban J connectivity index is 1.55. The minimum absolute atomic E-state index is 0.0155. The quantitative estimate of drug-likeness (QED) is 0.657. The van der Waals surface area contributed by atoms with Gasteiger partial charge in [-0.15, -0.1) is 0 Å². The van der Waals surface area contributed by atoms with Crippen LogP contribution < -0.4 is 4.90 Å². The van der Waals surface area contributed by atoms with Crippen LogP contribution in [0.1, 0.15) is 37.1 Å². The lowest BCUT2D eigenvalue weighted by molar-refractivity contribution is -0.136. The fraction of sp³-hybridized carbons (Fsp3) is 0.481. The van der Waals surface area contributed by atoms with Crippen molar-refractivity contribution in [3.63, 3.8) is 0 Å². The van der Waals surface area contributed by atoms with E-state index in [0.717, 1.165) is 80.3 Å². The molecule has 0 saturated carbocycles. The number of carbonyl (C=O) groups excluding carboxylic acids is 1. The van der Waals surface area contributed by atoms with Gasteiger partial charge in [0.1, 0.15) is 11.6 Å². The molecule has 3 aliphatic rings. The first-order valence-electron chi connectivity index (χ1n) is 12.1. The molecule has 2 aromatic rings. The lowest BCUT2D eigenvalue weighted by Crippen LogP contribution is -2.59. The van der Waals surface area contributed by atoms with Crippen LogP contribution >= 0.6 is 11.6 Å². The first-order valence-corrected chi connectivity index (χ1v) is 12.5. The van der Waals surface area contributed by atoms with Crippen molar-refractivity contribution in [2.45, 2.75) is 46.2 Å². The molecule has 7 heteroatoms. The third-order valence-corrected chi connectivity index (χ3v) is 8.16. The lowest BCUT2D eigenvalue weighted by atomic mass is 9.79. The van der Waals surface area contributed by atoms with E-state index in [9.17, 15) is 9.90 Å². The van der Waals surface area contributed by atoms with E-state index in [0.29, 0.717) is 11.1 Å². The molecule has 1 amide bonds. The van der Waals surface area contributed by atoms with Gasteiger partial charge < -0.3 is 14.9 Å². The zero-order valence-corrected chi connectivity index (χ0v) is 21.0. The molecule has 180 valence electrons. The molecule has 3 aliphatic heterocycles. The van der Waals surface area contributed by atoms with Gasteiger partial charge >= 0.3 is 0 Å². The summed E-state index contributed by atoms with van der Waals surface area (Å²) in [6, 6.07) is 5.63. The molecule has 0 radical (unpaired) electrons. The highest BCUT2D eigenvalue weighted by Gasteiger charge is 2.49. The molecule has 5 rings (SSSR count). The van der Waals surface area contributed by atoms with Crippen LogP contribution in [0.3, 0.4) is 0 Å². The standard InChI is InChI=1S/C27H33ClN4O2/c1-5-24(34)32-15-27(16-32)9-11-31(14-27)26-18(4)25(21-12-19(33)6-7-22(21)28)20-8-10-30(17(2)3)13-23(20)29-26/h5-7,12,17,33H,1,8-11,13-16H2,2-4H3. The molecule has 0 bridgehead atoms. The minimum Gasteiger partial charge on any atom is -0.508 e. The van der Waals surface area contributed by atoms with Crippen molar-refractivity contribution in [1.29, 1.82) is 0 Å². The Morgan fingerprint density at radius 2 is 2.03 bits per heavy atom. The number of likely N-dealkylation sites (tertiary alicyclic amines) is 1. The van der Waals surface area contributed by atoms with Crippen molar-refractivity contribution < 1.29 is 9.90 Å². The summed E-state index contributed by atoms with van der Waals surface area (Å²) in [5.74, 6) is 1.23. The monoisotopic (exact) mass is 480 g/mol. The topological polar surface area (TPSA) is 59.9 Å². The Kier molecular flexibility index (Phi) is 5.85. The fourth-order valence-electron chi connectivity index (χ4n) is 5.93. The molecular weight excluding hydrogens is 448 g/mol. The maximum atomic E-state index is 12.0. The van der Waals surface area contributed by atoms with Gasteiger partial charge in [-0.2, -0.15) is 0 Å². The maximum absolute atomic E-state index is 12.0. The largest absolute Gasteiger partial charge is 0.508 e. The number of carbonyl (C=O) groups is 1. The molecule has 4 heterocycles. The second-order valence-corrected chi connectivity index (χ2v) is 10.8. The zero-order valence-electron chi connectivity index (χ0n) is 20.3. The van der Waals surface area contributed by atoms with Gasteiger partial charge in [-0.25, -0.2) is 4.98 Å². The van der Waals surface area contributed by atoms with Gasteiger partial charge in [-0.3, -0.25) is 9.69 Å². The summed E-state index contributed by atoms with van der Waals surface area (Å²) < 4.78 is 0. The van der Waals surface area contributed by atoms with Crippen LogP contribution in [0.25, 0.3) is 11.1 Å². The third-order valence-electron chi connectivity index (χ3n) is 7.83. The molecule has 1 spiro atoms. The molecule has 0 unspecified atom stereocenters. The summed E-state index contributed by atoms with van der Waals surface area (Å²) >= 11 is 6.67. The number of halogens is 1. The SMILES string of the molecule is C=CC(=O)N1CC2(CCN(c3nc4c(c(-c5cc(O)ccc5Cl)c3C)CCN(C(C)C)C4)C2)C1. The van der Waals surface area contributed by atoms with Crippen molar-refractivity contribution >= 4 is 23.3 Å². The second-order valence-electron chi connectivity index (χ2n) is 10.4. The van der Waals surface area contributed by atoms with Crippen molar-refractivity contribution in [2.24, 2.45) is 5.41 Å². The molecule has 1 N–H and O–H groups in total. The van der Waals surface area contributed by atoms with E-state index in [1.54, 1.807) is 18.2 Å². The number of aromatic hydroxyl groups is 1. The van der Waals surface area contributed by atoms with Crippen molar-refractivity contribution in [1.82, 2.24) is 14.8 Å². The zero-order chi connectivity index (χ0) is 24.2. The number of hydrogen-bond donors (Lipinski definition) is 1. The molecule has 2 saturated heterocycles. The Hall–Kier alpha value is -2.57. The van der Waals surface area contributed by atoms with E-state index in [1.807, 2.05) is 4.90 Å². The van der Waals surface area contributed by atoms with Gasteiger partial charge in [0.2, 0.25) is 5.91 Å². The second kappa shape index (κ2) is 8.58. The molecule has 0 atom stereocenters. The number of rotatable bonds is 4. The number of aromatic nitrogens is 1. The van der Waals surface area contributed by atoms with E-state index in [2.05, 4.69) is 37.1 Å². The highest BCUT2D eigenvalue weighted by molar-refractivity contribution is 6.33. The highest BCUT2D eigenvalue weighted by atomic mass is 35.5. The minimum atomic E-state index is 0.0155. The summed E-state index contributed by atoms with van der Waals surface area (Å²) in [6.45, 7) is 15.4. The van der Waals surface area contributed by atoms with Crippen LogP contribution in [0.5, 0.6) is 5.75 Å². The van der Waals surface area contributed by atoms with Crippen LogP contribution in [0.15, 0.2) is 30.9 Å². The fourth-order valence-corrected chi connectivity index (χ4v) is 6.14. The maximum Gasteiger partial charge on any atom is 0.245 e. The van der Waals surface area contributed by atoms with E-state index in [1.165, 1.54) is 11.6 Å². The number of hydrogen-bond acceptors (Lipinski definition) is 5. The summed E-state index contributed by atoms with van der Waals surface area (Å²) in [6.07, 6.45) is 3.36. The third kappa shape index (κ3) is 3.87. The summed E-state index contributed by atoms with van der Waals surface area (Å²) in [4.78, 5) is 24.0. The van der Waals surface area contributed by atoms with E-state index < -0.39 is 0 Å². The van der Waals surface area contributed by atoms with Gasteiger partial charge in [-0.05, 0) is 74.6 Å². The Labute approximate surface area is 206 Å². The first kappa shape index (κ1) is 23.2. The number of phenols is 1. The normalized spacial score (nSPS) is 19.4. The van der Waals surface area contributed by atoms with Gasteiger partial charge in [0.15, 0.2) is 0 Å². The first-order chi connectivity index (χ1) is 16.2. The van der Waals surface area contributed by atoms with E-state index >= 15 is 0 Å². The summed E-state index contributed by atoms with van der Waals surface area (Å²) in [5, 5.41) is 10.9. The summed E-state index contributed by atoms with van der Waals surface area (Å²) in [7, 11) is 0. The van der Waals surface area contributed by atoms with Crippen LogP contribution in [-0.4, -0.2) is 64.6 Å². The summed E-state index contributed by atoms with van der Waals surface area (Å²) in [5.41, 5.74) is 5.58. The predicted octanol–water partition coefficient (Wildman–Crippen LogP) is 4.41. The van der Waals surface area contributed by atoms with Crippen LogP contribution in [0, 0.1) is 12.3 Å². The molecule has 0 aliphatic carbocycles. The van der Waals surface area contributed by atoms with Gasteiger partial charge in [0, 0.05) is 61.3 Å². The van der Waals surface area contributed by atoms with Gasteiger partial charge in [-0.1, -0.05) is 18.2 Å². The predicted molar refractivity (Wildman–Crippen MR) is 136 cm³/mol. The van der Waals surface area contributed by atoms with Gasteiger partial charge in [0.25, 0.3) is 0 Å². The molecule has 2 fully saturated rings. The number of nitrogens with zero attached hydrogens (tertiary/aromatic N) is 4. The number of benzene rings is 1. The number of amides is 1. The average molecular weight is 481 g/mol. The van der Waals surface area contributed by atoms with Crippen LogP contribution in [0.4, 0.5) is 5.82 Å². The van der Waals surface area contributed by atoms with Crippen molar-refractivity contribution in [3.8, 4) is 16.9 Å². The molecule has 34 heavy (non-hydrogen) atoms. The number of phenolic OH excluding ortho intramolecular Hbond substituents is 1. The number of anilines is 1. The molecular formula is C27H33ClN4O2. The van der Waals surface area contributed by atoms with E-state index in [4.69, 9.17) is 16.6 Å². The molecule has 6 nitrogen and oxygen atoms in total. The Bertz CT molecular complexity index is 1160. The average Bonchev–Trinajstić information content (AvgIpc) is 3.24. The number of fused-ring (bicyclic) bond motifs is 1. The van der Waals surface area contributed by atoms with Crippen molar-refractivity contribution in [3.05, 3.63) is 52.7 Å². The Morgan fingerprint density at radius 1 is 1.26 bits per heavy atom. The molecule has 1 aromatic heterocycles. The van der Waals surface area contributed by atoms with Crippen molar-refractivity contribution in [2.75, 3.05) is 37.6 Å². The van der Waals surface area contributed by atoms with E-state index in [-0.39, 0.29) is 17.1 Å². The molecule has 1 aromatic carbocycles. The van der Waals surface area contributed by atoms with Crippen LogP contribution in [-0.2, 0) is 17.8 Å². The van der Waals surface area contributed by atoms with Gasteiger partial charge in [0.05, 0.1) is 5.69 Å². The van der Waals surface area contributed by atoms with Crippen LogP contribution in [0.2, 0.25) is 5.02 Å². The highest BCUT2D eigenvalue weighted by Crippen LogP contribution is 2.45. The lowest BCUT2D eigenvalue weighted by Gasteiger charge is -2.47. The number of pyridine rings is 1. The Morgan fingerprint density at radius 3 is 2.74 bits per heavy atom. The smallest absolute Gasteiger partial charge is 0.245 e.